The Bertz CT molecular complexity index is 4970. The molecule has 1 N–H and O–H groups in total. The van der Waals surface area contributed by atoms with Gasteiger partial charge in [-0.15, -0.1) is 0 Å². The van der Waals surface area contributed by atoms with Gasteiger partial charge >= 0.3 is 6.85 Å². The fraction of sp³-hybridized carbons (Fsp3) is 0. The summed E-state index contributed by atoms with van der Waals surface area (Å²) in [6.07, 6.45) is 0. The number of nitrogens with one attached hydrogen (secondary N) is 1. The van der Waals surface area contributed by atoms with Crippen molar-refractivity contribution in [1.82, 2.24) is 9.46 Å². The zero-order valence-electron chi connectivity index (χ0n) is 39.7. The van der Waals surface area contributed by atoms with E-state index in [0.717, 1.165) is 84.9 Å². The molecule has 11 aromatic carbocycles. The number of aromatic amines is 1. The lowest BCUT2D eigenvalue weighted by atomic mass is 9.45. The van der Waals surface area contributed by atoms with E-state index in [9.17, 15) is 0 Å². The van der Waals surface area contributed by atoms with Crippen LogP contribution in [0.25, 0.3) is 110 Å². The maximum atomic E-state index is 6.71. The summed E-state index contributed by atoms with van der Waals surface area (Å²) in [5.41, 5.74) is 25.2. The molecule has 6 nitrogen and oxygen atoms in total. The lowest BCUT2D eigenvalue weighted by Crippen LogP contribution is -2.56. The molecule has 0 saturated carbocycles. The number of hydrogen-bond donors (Lipinski definition) is 1. The summed E-state index contributed by atoms with van der Waals surface area (Å²) in [5.74, 6) is 0. The van der Waals surface area contributed by atoms with Crippen LogP contribution in [0.4, 0.5) is 34.1 Å². The second-order valence-corrected chi connectivity index (χ2v) is 20.3. The topological polar surface area (TPSA) is 53.5 Å². The van der Waals surface area contributed by atoms with Gasteiger partial charge in [0.2, 0.25) is 0 Å². The monoisotopic (exact) mass is 940 g/mol. The Morgan fingerprint density at radius 3 is 1.76 bits per heavy atom. The minimum absolute atomic E-state index is 0.156. The molecule has 0 bridgehead atoms. The van der Waals surface area contributed by atoms with Crippen LogP contribution in [0.1, 0.15) is 0 Å². The molecule has 74 heavy (non-hydrogen) atoms. The Morgan fingerprint density at radius 1 is 0.419 bits per heavy atom. The highest BCUT2D eigenvalue weighted by atomic mass is 16.3. The number of H-pyrrole nitrogens is 1. The molecule has 0 amide bonds. The van der Waals surface area contributed by atoms with Crippen LogP contribution in [0.2, 0.25) is 0 Å². The largest absolute Gasteiger partial charge is 0.456 e. The van der Waals surface area contributed by atoms with E-state index < -0.39 is 0 Å². The highest BCUT2D eigenvalue weighted by molar-refractivity contribution is 6.90. The zero-order valence-corrected chi connectivity index (χ0v) is 39.7. The molecule has 18 rings (SSSR count). The number of nitrogens with zero attached hydrogens (tertiary/aromatic N) is 3. The number of aromatic nitrogens is 2. The lowest BCUT2D eigenvalue weighted by molar-refractivity contribution is 0.668. The third-order valence-corrected chi connectivity index (χ3v) is 16.7. The van der Waals surface area contributed by atoms with Crippen LogP contribution in [0.3, 0.4) is 0 Å². The Balaban J connectivity index is 0.997. The van der Waals surface area contributed by atoms with Gasteiger partial charge in [-0.25, -0.2) is 0 Å². The number of anilines is 6. The average molecular weight is 941 g/mol. The fourth-order valence-corrected chi connectivity index (χ4v) is 13.8. The second-order valence-electron chi connectivity index (χ2n) is 20.3. The van der Waals surface area contributed by atoms with Crippen molar-refractivity contribution in [2.24, 2.45) is 0 Å². The van der Waals surface area contributed by atoms with Crippen molar-refractivity contribution in [3.8, 4) is 22.3 Å². The Labute approximate surface area is 424 Å². The molecule has 15 aromatic rings. The highest BCUT2D eigenvalue weighted by Crippen LogP contribution is 2.54. The van der Waals surface area contributed by atoms with E-state index in [-0.39, 0.29) is 6.85 Å². The molecule has 0 unspecified atom stereocenters. The molecule has 0 spiro atoms. The minimum atomic E-state index is -0.156. The van der Waals surface area contributed by atoms with E-state index in [1.165, 1.54) is 88.1 Å². The summed E-state index contributed by atoms with van der Waals surface area (Å²) in [7, 11) is 0.745. The van der Waals surface area contributed by atoms with Crippen LogP contribution < -0.4 is 31.7 Å². The van der Waals surface area contributed by atoms with Crippen LogP contribution in [-0.4, -0.2) is 23.6 Å². The molecule has 0 atom stereocenters. The Hall–Kier alpha value is -9.65. The van der Waals surface area contributed by atoms with Gasteiger partial charge in [-0.1, -0.05) is 151 Å². The number of hydrogen-bond acceptors (Lipinski definition) is 4. The predicted octanol–water partition coefficient (Wildman–Crippen LogP) is 14.5. The third-order valence-electron chi connectivity index (χ3n) is 16.7. The normalized spacial score (nSPS) is 13.4. The van der Waals surface area contributed by atoms with E-state index in [1.807, 2.05) is 0 Å². The first-order chi connectivity index (χ1) is 36.7. The standard InChI is InChI=1S/C66H38B2N4O2/c1-3-17-37(18-4-1)70-51-29-15-25-43(63(51)67-47-33-45-39-21-9-13-31-55(39)73-57(45)35-53(47)70)60-61-42-24-8-12-28-50(42)72-66(61)62(59-41-23-7-11-27-49(41)69-65(59)60)44-26-16-30-52-64(44)68(72)48-34-46-40-22-10-14-32-56(40)74-58(46)36-54(48)71(52)38-19-5-2-6-20-38/h1-36,67,69H. The number of para-hydroxylation sites is 6. The summed E-state index contributed by atoms with van der Waals surface area (Å²) in [6.45, 7) is -0.156. The van der Waals surface area contributed by atoms with Crippen LogP contribution in [0.15, 0.2) is 227 Å². The Morgan fingerprint density at radius 2 is 1.01 bits per heavy atom. The first-order valence-electron chi connectivity index (χ1n) is 25.6. The van der Waals surface area contributed by atoms with Gasteiger partial charge in [0.05, 0.1) is 5.52 Å². The quantitative estimate of drug-likeness (QED) is 0.179. The first kappa shape index (κ1) is 39.0. The van der Waals surface area contributed by atoms with Crippen molar-refractivity contribution >= 4 is 158 Å². The van der Waals surface area contributed by atoms with Crippen LogP contribution in [0, 0.1) is 0 Å². The summed E-state index contributed by atoms with van der Waals surface area (Å²) in [5, 5.41) is 9.47. The van der Waals surface area contributed by atoms with Gasteiger partial charge in [0.25, 0.3) is 0 Å². The van der Waals surface area contributed by atoms with Crippen molar-refractivity contribution in [1.29, 1.82) is 0 Å². The van der Waals surface area contributed by atoms with Crippen molar-refractivity contribution < 1.29 is 8.83 Å². The van der Waals surface area contributed by atoms with Gasteiger partial charge in [0.1, 0.15) is 22.3 Å². The molecule has 3 aliphatic heterocycles. The molecule has 340 valence electrons. The predicted molar refractivity (Wildman–Crippen MR) is 310 cm³/mol. The third kappa shape index (κ3) is 4.92. The number of rotatable bonds is 3. The summed E-state index contributed by atoms with van der Waals surface area (Å²) < 4.78 is 16.0. The molecule has 0 radical (unpaired) electrons. The SMILES string of the molecule is B1c2cc3c(cc2N(c2ccccc2)c2cccc(-c4c5[nH]c6ccccc6c5c5c6c4c4ccccc4n6B4c6cc7c(cc6N(c6ccccc6)c6cccc-5c64)oc4ccccc47)c21)oc1ccccc13. The lowest BCUT2D eigenvalue weighted by Gasteiger charge is -2.40. The fourth-order valence-electron chi connectivity index (χ4n) is 13.8. The smallest absolute Gasteiger partial charge is 0.333 e. The zero-order chi connectivity index (χ0) is 47.9. The van der Waals surface area contributed by atoms with Crippen molar-refractivity contribution in [3.63, 3.8) is 0 Å². The number of benzene rings is 11. The molecule has 3 aliphatic rings. The van der Waals surface area contributed by atoms with E-state index in [4.69, 9.17) is 8.83 Å². The highest BCUT2D eigenvalue weighted by Gasteiger charge is 2.45. The molecule has 0 fully saturated rings. The molecular weight excluding hydrogens is 902 g/mol. The van der Waals surface area contributed by atoms with Crippen molar-refractivity contribution in [3.05, 3.63) is 218 Å². The average Bonchev–Trinajstić information content (AvgIpc) is 4.27. The van der Waals surface area contributed by atoms with Crippen LogP contribution in [0.5, 0.6) is 0 Å². The summed E-state index contributed by atoms with van der Waals surface area (Å²) in [4.78, 5) is 9.06. The van der Waals surface area contributed by atoms with Crippen molar-refractivity contribution in [2.45, 2.75) is 0 Å². The van der Waals surface area contributed by atoms with Gasteiger partial charge in [0, 0.05) is 117 Å². The van der Waals surface area contributed by atoms with Gasteiger partial charge in [0.15, 0.2) is 7.28 Å². The van der Waals surface area contributed by atoms with Gasteiger partial charge < -0.3 is 28.1 Å². The van der Waals surface area contributed by atoms with E-state index in [1.54, 1.807) is 0 Å². The molecular formula is C66H38B2N4O2. The molecule has 0 aliphatic carbocycles. The van der Waals surface area contributed by atoms with E-state index in [2.05, 4.69) is 238 Å². The summed E-state index contributed by atoms with van der Waals surface area (Å²) in [6, 6.07) is 80.0. The van der Waals surface area contributed by atoms with Gasteiger partial charge in [-0.05, 0) is 88.2 Å². The molecule has 4 aromatic heterocycles. The second kappa shape index (κ2) is 14.1. The van der Waals surface area contributed by atoms with Crippen LogP contribution >= 0.6 is 0 Å². The van der Waals surface area contributed by atoms with E-state index in [0.29, 0.717) is 0 Å². The maximum Gasteiger partial charge on any atom is 0.333 e. The van der Waals surface area contributed by atoms with Crippen LogP contribution in [-0.2, 0) is 0 Å². The minimum Gasteiger partial charge on any atom is -0.456 e. The number of fused-ring (bicyclic) bond motifs is 19. The van der Waals surface area contributed by atoms with Gasteiger partial charge in [-0.3, -0.25) is 0 Å². The summed E-state index contributed by atoms with van der Waals surface area (Å²) >= 11 is 0. The van der Waals surface area contributed by atoms with E-state index >= 15 is 0 Å². The maximum absolute atomic E-state index is 6.71. The molecule has 7 heterocycles. The number of furan rings is 2. The first-order valence-corrected chi connectivity index (χ1v) is 25.6. The van der Waals surface area contributed by atoms with Gasteiger partial charge in [-0.2, -0.15) is 0 Å². The Kier molecular flexibility index (Phi) is 7.41. The van der Waals surface area contributed by atoms with Crippen molar-refractivity contribution in [2.75, 3.05) is 9.80 Å². The molecule has 8 heteroatoms. The molecule has 0 saturated heterocycles.